The van der Waals surface area contributed by atoms with Gasteiger partial charge in [0.15, 0.2) is 0 Å². The summed E-state index contributed by atoms with van der Waals surface area (Å²) < 4.78 is 38.3. The molecule has 0 atom stereocenters. The number of nitrogens with zero attached hydrogens (tertiary/aromatic N) is 1. The molecule has 2 aromatic rings. The maximum absolute atomic E-state index is 13.3. The van der Waals surface area contributed by atoms with Gasteiger partial charge < -0.3 is 14.8 Å². The average molecular weight is 445 g/mol. The molecule has 166 valence electrons. The molecule has 1 N–H and O–H groups in total. The van der Waals surface area contributed by atoms with Crippen LogP contribution in [0.3, 0.4) is 0 Å². The molecule has 0 bridgehead atoms. The molecule has 1 heterocycles. The summed E-state index contributed by atoms with van der Waals surface area (Å²) >= 11 is 0. The van der Waals surface area contributed by atoms with E-state index in [0.717, 1.165) is 10.1 Å². The zero-order valence-electron chi connectivity index (χ0n) is 18.2. The summed E-state index contributed by atoms with van der Waals surface area (Å²) in [7, 11) is -2.37. The highest BCUT2D eigenvalue weighted by molar-refractivity contribution is 7.99. The lowest BCUT2D eigenvalue weighted by molar-refractivity contribution is -0.125. The zero-order chi connectivity index (χ0) is 22.6. The van der Waals surface area contributed by atoms with Gasteiger partial charge in [-0.25, -0.2) is 12.7 Å². The van der Waals surface area contributed by atoms with E-state index in [-0.39, 0.29) is 10.6 Å². The predicted octanol–water partition coefficient (Wildman–Crippen LogP) is 3.39. The fraction of sp³-hybridized carbons (Fsp3) is 0.348. The number of carbonyl (C=O) groups excluding carboxylic acids is 1. The molecule has 0 radical (unpaired) electrons. The van der Waals surface area contributed by atoms with Crippen molar-refractivity contribution in [2.24, 2.45) is 0 Å². The molecule has 1 aliphatic rings. The maximum atomic E-state index is 13.3. The van der Waals surface area contributed by atoms with Crippen LogP contribution in [0.15, 0.2) is 60.3 Å². The molecule has 0 aliphatic carbocycles. The molecule has 2 aromatic carbocycles. The van der Waals surface area contributed by atoms with Gasteiger partial charge in [-0.2, -0.15) is 0 Å². The predicted molar refractivity (Wildman–Crippen MR) is 120 cm³/mol. The Kier molecular flexibility index (Phi) is 6.59. The number of carbonyl (C=O) groups is 1. The number of benzene rings is 2. The van der Waals surface area contributed by atoms with Crippen LogP contribution in [0.25, 0.3) is 4.91 Å². The standard InChI is InChI=1S/C23H28N2O5S/c1-23(2,3)25-22(26)20(21(31(25,27)28)17-9-6-5-7-10-17)24-15-8-16-30-19-13-11-18(29-4)12-14-19/h5-7,9-14,24H,8,15-16H2,1-4H3. The van der Waals surface area contributed by atoms with Crippen molar-refractivity contribution in [2.45, 2.75) is 32.7 Å². The molecule has 7 nitrogen and oxygen atoms in total. The minimum atomic E-state index is -3.97. The third-order valence-corrected chi connectivity index (χ3v) is 6.87. The van der Waals surface area contributed by atoms with E-state index in [1.54, 1.807) is 58.2 Å². The van der Waals surface area contributed by atoms with E-state index >= 15 is 0 Å². The van der Waals surface area contributed by atoms with Crippen molar-refractivity contribution in [1.82, 2.24) is 9.62 Å². The molecule has 0 saturated heterocycles. The Morgan fingerprint density at radius 2 is 1.58 bits per heavy atom. The van der Waals surface area contributed by atoms with Crippen molar-refractivity contribution in [2.75, 3.05) is 20.3 Å². The van der Waals surface area contributed by atoms with Crippen LogP contribution in [0.1, 0.15) is 32.8 Å². The number of hydrogen-bond acceptors (Lipinski definition) is 6. The zero-order valence-corrected chi connectivity index (χ0v) is 19.0. The van der Waals surface area contributed by atoms with Crippen LogP contribution in [0, 0.1) is 0 Å². The molecule has 0 unspecified atom stereocenters. The Balaban J connectivity index is 1.73. The summed E-state index contributed by atoms with van der Waals surface area (Å²) in [6, 6.07) is 16.0. The Bertz CT molecular complexity index is 1060. The van der Waals surface area contributed by atoms with Gasteiger partial charge in [0.25, 0.3) is 15.9 Å². The van der Waals surface area contributed by atoms with Gasteiger partial charge in [-0.15, -0.1) is 0 Å². The van der Waals surface area contributed by atoms with Crippen LogP contribution >= 0.6 is 0 Å². The molecule has 8 heteroatoms. The lowest BCUT2D eigenvalue weighted by atomic mass is 10.1. The minimum Gasteiger partial charge on any atom is -0.497 e. The molecular weight excluding hydrogens is 416 g/mol. The van der Waals surface area contributed by atoms with Gasteiger partial charge in [-0.05, 0) is 57.0 Å². The highest BCUT2D eigenvalue weighted by Crippen LogP contribution is 2.38. The second kappa shape index (κ2) is 9.01. The van der Waals surface area contributed by atoms with Crippen molar-refractivity contribution in [3.63, 3.8) is 0 Å². The van der Waals surface area contributed by atoms with Crippen molar-refractivity contribution in [3.05, 3.63) is 65.9 Å². The monoisotopic (exact) mass is 444 g/mol. The summed E-state index contributed by atoms with van der Waals surface area (Å²) in [6.07, 6.45) is 0.584. The van der Waals surface area contributed by atoms with E-state index in [2.05, 4.69) is 5.32 Å². The Hall–Kier alpha value is -3.00. The molecular formula is C23H28N2O5S. The fourth-order valence-corrected chi connectivity index (χ4v) is 5.44. The summed E-state index contributed by atoms with van der Waals surface area (Å²) in [5, 5.41) is 3.05. The van der Waals surface area contributed by atoms with Crippen LogP contribution in [-0.2, 0) is 14.8 Å². The first-order valence-electron chi connectivity index (χ1n) is 10.1. The van der Waals surface area contributed by atoms with Crippen molar-refractivity contribution >= 4 is 20.8 Å². The summed E-state index contributed by atoms with van der Waals surface area (Å²) in [4.78, 5) is 13.1. The first-order chi connectivity index (χ1) is 14.7. The molecule has 1 amide bonds. The number of nitrogens with one attached hydrogen (secondary N) is 1. The van der Waals surface area contributed by atoms with Crippen molar-refractivity contribution in [1.29, 1.82) is 0 Å². The molecule has 0 fully saturated rings. The number of methoxy groups -OCH3 is 1. The lowest BCUT2D eigenvalue weighted by Crippen LogP contribution is -2.46. The van der Waals surface area contributed by atoms with Crippen molar-refractivity contribution in [3.8, 4) is 11.5 Å². The van der Waals surface area contributed by atoms with Crippen LogP contribution < -0.4 is 14.8 Å². The molecule has 0 spiro atoms. The molecule has 0 saturated carbocycles. The number of rotatable bonds is 8. The third-order valence-electron chi connectivity index (χ3n) is 4.72. The van der Waals surface area contributed by atoms with Gasteiger partial charge in [0.1, 0.15) is 22.1 Å². The van der Waals surface area contributed by atoms with Gasteiger partial charge >= 0.3 is 0 Å². The van der Waals surface area contributed by atoms with E-state index in [1.165, 1.54) is 0 Å². The maximum Gasteiger partial charge on any atom is 0.285 e. The van der Waals surface area contributed by atoms with Crippen molar-refractivity contribution < 1.29 is 22.7 Å². The van der Waals surface area contributed by atoms with Crippen LogP contribution in [-0.4, -0.2) is 44.4 Å². The Morgan fingerprint density at radius 1 is 0.968 bits per heavy atom. The Labute approximate surface area is 183 Å². The lowest BCUT2D eigenvalue weighted by Gasteiger charge is -2.30. The summed E-state index contributed by atoms with van der Waals surface area (Å²) in [6.45, 7) is 5.92. The molecule has 1 aliphatic heterocycles. The normalized spacial score (nSPS) is 15.9. The van der Waals surface area contributed by atoms with E-state index < -0.39 is 21.5 Å². The van der Waals surface area contributed by atoms with Gasteiger partial charge in [-0.1, -0.05) is 30.3 Å². The fourth-order valence-electron chi connectivity index (χ4n) is 3.38. The largest absolute Gasteiger partial charge is 0.497 e. The van der Waals surface area contributed by atoms with E-state index in [9.17, 15) is 13.2 Å². The molecule has 0 aromatic heterocycles. The smallest absolute Gasteiger partial charge is 0.285 e. The summed E-state index contributed by atoms with van der Waals surface area (Å²) in [5.41, 5.74) is -0.290. The van der Waals surface area contributed by atoms with E-state index in [4.69, 9.17) is 9.47 Å². The molecule has 31 heavy (non-hydrogen) atoms. The van der Waals surface area contributed by atoms with E-state index in [0.29, 0.717) is 30.9 Å². The SMILES string of the molecule is COc1ccc(OCCCNC2=C(c3ccccc3)S(=O)(=O)N(C(C)(C)C)C2=O)cc1. The van der Waals surface area contributed by atoms with Crippen LogP contribution in [0.2, 0.25) is 0 Å². The topological polar surface area (TPSA) is 84.9 Å². The number of ether oxygens (including phenoxy) is 2. The first-order valence-corrected chi connectivity index (χ1v) is 11.5. The third kappa shape index (κ3) is 4.85. The minimum absolute atomic E-state index is 0.0177. The second-order valence-electron chi connectivity index (χ2n) is 8.12. The van der Waals surface area contributed by atoms with Gasteiger partial charge in [0.05, 0.1) is 19.3 Å². The second-order valence-corrected chi connectivity index (χ2v) is 9.84. The van der Waals surface area contributed by atoms with Gasteiger partial charge in [0, 0.05) is 6.54 Å². The quantitative estimate of drug-likeness (QED) is 0.629. The highest BCUT2D eigenvalue weighted by Gasteiger charge is 2.49. The number of amides is 1. The molecule has 3 rings (SSSR count). The number of sulfonamides is 1. The average Bonchev–Trinajstić information content (AvgIpc) is 2.93. The van der Waals surface area contributed by atoms with Gasteiger partial charge in [-0.3, -0.25) is 4.79 Å². The summed E-state index contributed by atoms with van der Waals surface area (Å²) in [5.74, 6) is 0.921. The highest BCUT2D eigenvalue weighted by atomic mass is 32.2. The van der Waals surface area contributed by atoms with Gasteiger partial charge in [0.2, 0.25) is 0 Å². The Morgan fingerprint density at radius 3 is 2.16 bits per heavy atom. The van der Waals surface area contributed by atoms with E-state index in [1.807, 2.05) is 24.3 Å². The van der Waals surface area contributed by atoms with Crippen LogP contribution in [0.5, 0.6) is 11.5 Å². The first kappa shape index (κ1) is 22.7. The van der Waals surface area contributed by atoms with Crippen LogP contribution in [0.4, 0.5) is 0 Å². The number of hydrogen-bond donors (Lipinski definition) is 1.